The predicted octanol–water partition coefficient (Wildman–Crippen LogP) is 4.14. The minimum Gasteiger partial charge on any atom is -0.497 e. The van der Waals surface area contributed by atoms with Crippen LogP contribution in [0.15, 0.2) is 42.5 Å². The van der Waals surface area contributed by atoms with E-state index in [9.17, 15) is 0 Å². The SMILES string of the molecule is COc1cccc(CN(C)C(=S)Nc2cccc(C)c2C)c1. The zero-order valence-electron chi connectivity index (χ0n) is 13.5. The van der Waals surface area contributed by atoms with E-state index in [2.05, 4.69) is 31.3 Å². The number of hydrogen-bond acceptors (Lipinski definition) is 2. The van der Waals surface area contributed by atoms with Crippen molar-refractivity contribution >= 4 is 23.0 Å². The van der Waals surface area contributed by atoms with E-state index in [4.69, 9.17) is 17.0 Å². The van der Waals surface area contributed by atoms with Gasteiger partial charge in [-0.05, 0) is 61.0 Å². The molecule has 0 atom stereocenters. The second-order valence-electron chi connectivity index (χ2n) is 5.39. The van der Waals surface area contributed by atoms with Gasteiger partial charge >= 0.3 is 0 Å². The first-order chi connectivity index (χ1) is 10.5. The Hall–Kier alpha value is -2.07. The van der Waals surface area contributed by atoms with E-state index in [1.807, 2.05) is 42.3 Å². The molecule has 0 aliphatic heterocycles. The van der Waals surface area contributed by atoms with Crippen molar-refractivity contribution in [2.45, 2.75) is 20.4 Å². The first kappa shape index (κ1) is 16.3. The third kappa shape index (κ3) is 3.98. The lowest BCUT2D eigenvalue weighted by Crippen LogP contribution is -2.30. The molecule has 0 radical (unpaired) electrons. The molecule has 0 bridgehead atoms. The Morgan fingerprint density at radius 1 is 1.18 bits per heavy atom. The second-order valence-corrected chi connectivity index (χ2v) is 5.77. The number of benzene rings is 2. The quantitative estimate of drug-likeness (QED) is 0.857. The Morgan fingerprint density at radius 2 is 1.91 bits per heavy atom. The van der Waals surface area contributed by atoms with E-state index in [-0.39, 0.29) is 0 Å². The maximum atomic E-state index is 5.51. The fraction of sp³-hybridized carbons (Fsp3) is 0.278. The Balaban J connectivity index is 2.04. The topological polar surface area (TPSA) is 24.5 Å². The van der Waals surface area contributed by atoms with Crippen LogP contribution < -0.4 is 10.1 Å². The standard InChI is InChI=1S/C18H22N2OS/c1-13-7-5-10-17(14(13)2)19-18(22)20(3)12-15-8-6-9-16(11-15)21-4/h5-11H,12H2,1-4H3,(H,19,22). The largest absolute Gasteiger partial charge is 0.497 e. The van der Waals surface area contributed by atoms with Crippen molar-refractivity contribution < 1.29 is 4.74 Å². The van der Waals surface area contributed by atoms with Gasteiger partial charge in [-0.3, -0.25) is 0 Å². The third-order valence-corrected chi connectivity index (χ3v) is 4.16. The van der Waals surface area contributed by atoms with Crippen LogP contribution in [0.25, 0.3) is 0 Å². The number of nitrogens with one attached hydrogen (secondary N) is 1. The molecule has 3 nitrogen and oxygen atoms in total. The average Bonchev–Trinajstić information content (AvgIpc) is 2.52. The molecule has 0 saturated heterocycles. The number of rotatable bonds is 4. The molecule has 2 aromatic rings. The molecular weight excluding hydrogens is 292 g/mol. The Morgan fingerprint density at radius 3 is 2.64 bits per heavy atom. The molecule has 0 aromatic heterocycles. The summed E-state index contributed by atoms with van der Waals surface area (Å²) in [6, 6.07) is 14.2. The molecule has 0 fully saturated rings. The highest BCUT2D eigenvalue weighted by Crippen LogP contribution is 2.19. The normalized spacial score (nSPS) is 10.2. The summed E-state index contributed by atoms with van der Waals surface area (Å²) in [6.07, 6.45) is 0. The first-order valence-electron chi connectivity index (χ1n) is 7.22. The van der Waals surface area contributed by atoms with Crippen LogP contribution in [0.1, 0.15) is 16.7 Å². The molecule has 22 heavy (non-hydrogen) atoms. The summed E-state index contributed by atoms with van der Waals surface area (Å²) in [5, 5.41) is 4.03. The number of methoxy groups -OCH3 is 1. The molecule has 0 aliphatic carbocycles. The predicted molar refractivity (Wildman–Crippen MR) is 96.6 cm³/mol. The van der Waals surface area contributed by atoms with Gasteiger partial charge in [-0.2, -0.15) is 0 Å². The first-order valence-corrected chi connectivity index (χ1v) is 7.63. The monoisotopic (exact) mass is 314 g/mol. The van der Waals surface area contributed by atoms with Crippen molar-refractivity contribution in [2.75, 3.05) is 19.5 Å². The van der Waals surface area contributed by atoms with Crippen LogP contribution in [0.2, 0.25) is 0 Å². The highest BCUT2D eigenvalue weighted by molar-refractivity contribution is 7.80. The van der Waals surface area contributed by atoms with Crippen LogP contribution in [0.5, 0.6) is 5.75 Å². The number of ether oxygens (including phenoxy) is 1. The summed E-state index contributed by atoms with van der Waals surface area (Å²) < 4.78 is 5.25. The molecule has 2 rings (SSSR count). The fourth-order valence-electron chi connectivity index (χ4n) is 2.21. The maximum absolute atomic E-state index is 5.51. The van der Waals surface area contributed by atoms with E-state index >= 15 is 0 Å². The Labute approximate surface area is 137 Å². The average molecular weight is 314 g/mol. The highest BCUT2D eigenvalue weighted by atomic mass is 32.1. The van der Waals surface area contributed by atoms with Crippen molar-refractivity contribution in [3.05, 3.63) is 59.2 Å². The maximum Gasteiger partial charge on any atom is 0.173 e. The molecule has 0 aliphatic rings. The lowest BCUT2D eigenvalue weighted by atomic mass is 10.1. The summed E-state index contributed by atoms with van der Waals surface area (Å²) in [6.45, 7) is 4.93. The fourth-order valence-corrected chi connectivity index (χ4v) is 2.39. The zero-order valence-corrected chi connectivity index (χ0v) is 14.3. The van der Waals surface area contributed by atoms with Gasteiger partial charge in [0.25, 0.3) is 0 Å². The minimum absolute atomic E-state index is 0.705. The molecule has 0 heterocycles. The smallest absolute Gasteiger partial charge is 0.173 e. The number of aryl methyl sites for hydroxylation is 1. The van der Waals surface area contributed by atoms with Gasteiger partial charge < -0.3 is 15.0 Å². The summed E-state index contributed by atoms with van der Waals surface area (Å²) in [5.41, 5.74) is 4.69. The summed E-state index contributed by atoms with van der Waals surface area (Å²) in [5.74, 6) is 0.860. The zero-order chi connectivity index (χ0) is 16.1. The van der Waals surface area contributed by atoms with Gasteiger partial charge in [-0.1, -0.05) is 24.3 Å². The van der Waals surface area contributed by atoms with E-state index in [0.717, 1.165) is 23.5 Å². The molecule has 0 saturated carbocycles. The van der Waals surface area contributed by atoms with Gasteiger partial charge in [0, 0.05) is 19.3 Å². The molecule has 4 heteroatoms. The molecule has 1 N–H and O–H groups in total. The van der Waals surface area contributed by atoms with Crippen LogP contribution in [0.4, 0.5) is 5.69 Å². The van der Waals surface area contributed by atoms with Crippen LogP contribution in [0.3, 0.4) is 0 Å². The lowest BCUT2D eigenvalue weighted by molar-refractivity contribution is 0.413. The van der Waals surface area contributed by atoms with Gasteiger partial charge in [-0.25, -0.2) is 0 Å². The molecule has 0 spiro atoms. The molecular formula is C18H22N2OS. The number of thiocarbonyl (C=S) groups is 1. The van der Waals surface area contributed by atoms with Crippen LogP contribution >= 0.6 is 12.2 Å². The van der Waals surface area contributed by atoms with Crippen LogP contribution in [-0.4, -0.2) is 24.2 Å². The van der Waals surface area contributed by atoms with E-state index in [1.54, 1.807) is 7.11 Å². The molecule has 2 aromatic carbocycles. The number of nitrogens with zero attached hydrogens (tertiary/aromatic N) is 1. The van der Waals surface area contributed by atoms with Crippen LogP contribution in [-0.2, 0) is 6.54 Å². The lowest BCUT2D eigenvalue weighted by Gasteiger charge is -2.22. The van der Waals surface area contributed by atoms with Crippen LogP contribution in [0, 0.1) is 13.8 Å². The van der Waals surface area contributed by atoms with Crippen molar-refractivity contribution in [2.24, 2.45) is 0 Å². The van der Waals surface area contributed by atoms with Gasteiger partial charge in [-0.15, -0.1) is 0 Å². The van der Waals surface area contributed by atoms with E-state index in [1.165, 1.54) is 11.1 Å². The highest BCUT2D eigenvalue weighted by Gasteiger charge is 2.08. The molecule has 116 valence electrons. The van der Waals surface area contributed by atoms with E-state index < -0.39 is 0 Å². The Kier molecular flexibility index (Phi) is 5.39. The van der Waals surface area contributed by atoms with Crippen molar-refractivity contribution in [1.82, 2.24) is 4.90 Å². The number of anilines is 1. The van der Waals surface area contributed by atoms with Gasteiger partial charge in [0.15, 0.2) is 5.11 Å². The van der Waals surface area contributed by atoms with Gasteiger partial charge in [0.05, 0.1) is 7.11 Å². The van der Waals surface area contributed by atoms with Crippen molar-refractivity contribution in [3.63, 3.8) is 0 Å². The molecule has 0 amide bonds. The summed E-state index contributed by atoms with van der Waals surface area (Å²) in [4.78, 5) is 2.02. The van der Waals surface area contributed by atoms with Gasteiger partial charge in [0.2, 0.25) is 0 Å². The van der Waals surface area contributed by atoms with Crippen molar-refractivity contribution in [1.29, 1.82) is 0 Å². The van der Waals surface area contributed by atoms with E-state index in [0.29, 0.717) is 5.11 Å². The second kappa shape index (κ2) is 7.27. The van der Waals surface area contributed by atoms with Crippen molar-refractivity contribution in [3.8, 4) is 5.75 Å². The third-order valence-electron chi connectivity index (χ3n) is 3.75. The number of hydrogen-bond donors (Lipinski definition) is 1. The summed E-state index contributed by atoms with van der Waals surface area (Å²) in [7, 11) is 3.66. The molecule has 0 unspecified atom stereocenters. The minimum atomic E-state index is 0.705. The Bertz CT molecular complexity index is 670. The summed E-state index contributed by atoms with van der Waals surface area (Å²) >= 11 is 5.51. The van der Waals surface area contributed by atoms with Gasteiger partial charge in [0.1, 0.15) is 5.75 Å².